The number of rotatable bonds is 1. The van der Waals surface area contributed by atoms with Gasteiger partial charge in [0.2, 0.25) is 0 Å². The number of nitrogens with zero attached hydrogens (tertiary/aromatic N) is 1. The van der Waals surface area contributed by atoms with Gasteiger partial charge >= 0.3 is 0 Å². The molecule has 0 saturated heterocycles. The van der Waals surface area contributed by atoms with Crippen molar-refractivity contribution in [2.24, 2.45) is 0 Å². The fraction of sp³-hybridized carbons (Fsp3) is 0. The minimum atomic E-state index is 0.579. The first-order valence-electron chi connectivity index (χ1n) is 3.70. The number of aromatic nitrogens is 2. The van der Waals surface area contributed by atoms with Gasteiger partial charge in [0, 0.05) is 0 Å². The molecule has 0 amide bonds. The van der Waals surface area contributed by atoms with Gasteiger partial charge in [-0.15, -0.1) is 0 Å². The van der Waals surface area contributed by atoms with Crippen molar-refractivity contribution in [3.05, 3.63) is 47.9 Å². The molecular weight excluding hydrogens is 152 g/mol. The largest absolute Gasteiger partial charge is 0.710 e. The second-order valence-electron chi connectivity index (χ2n) is 2.50. The van der Waals surface area contributed by atoms with Crippen molar-refractivity contribution in [1.29, 1.82) is 0 Å². The molecule has 0 aliphatic carbocycles. The zero-order chi connectivity index (χ0) is 8.39. The molecule has 1 N–H and O–H groups in total. The Labute approximate surface area is 69.9 Å². The minimum absolute atomic E-state index is 0.579. The van der Waals surface area contributed by atoms with Crippen molar-refractivity contribution in [3.8, 4) is 11.4 Å². The van der Waals surface area contributed by atoms with Crippen LogP contribution < -0.4 is 4.73 Å². The lowest BCUT2D eigenvalue weighted by atomic mass is 10.2. The lowest BCUT2D eigenvalue weighted by molar-refractivity contribution is -0.591. The second-order valence-corrected chi connectivity index (χ2v) is 2.50. The number of benzene rings is 1. The van der Waals surface area contributed by atoms with Crippen LogP contribution in [0.5, 0.6) is 0 Å². The van der Waals surface area contributed by atoms with Crippen LogP contribution in [0.3, 0.4) is 0 Å². The van der Waals surface area contributed by atoms with Crippen LogP contribution in [-0.2, 0) is 0 Å². The van der Waals surface area contributed by atoms with E-state index in [1.807, 2.05) is 30.3 Å². The molecule has 0 aliphatic rings. The third-order valence-electron chi connectivity index (χ3n) is 1.70. The predicted molar refractivity (Wildman–Crippen MR) is 45.2 cm³/mol. The second kappa shape index (κ2) is 2.70. The predicted octanol–water partition coefficient (Wildman–Crippen LogP) is 1.32. The summed E-state index contributed by atoms with van der Waals surface area (Å²) >= 11 is 0. The van der Waals surface area contributed by atoms with E-state index in [1.165, 1.54) is 6.20 Å². The number of imidazole rings is 1. The van der Waals surface area contributed by atoms with Crippen molar-refractivity contribution >= 4 is 0 Å². The molecule has 0 spiro atoms. The van der Waals surface area contributed by atoms with E-state index >= 15 is 0 Å². The molecule has 0 unspecified atom stereocenters. The first-order valence-corrected chi connectivity index (χ1v) is 3.70. The van der Waals surface area contributed by atoms with Gasteiger partial charge < -0.3 is 5.21 Å². The Morgan fingerprint density at radius 2 is 1.92 bits per heavy atom. The zero-order valence-corrected chi connectivity index (χ0v) is 6.40. The summed E-state index contributed by atoms with van der Waals surface area (Å²) in [4.78, 5) is 2.87. The fourth-order valence-electron chi connectivity index (χ4n) is 1.13. The average molecular weight is 160 g/mol. The summed E-state index contributed by atoms with van der Waals surface area (Å²) in [6.45, 7) is 0. The smallest absolute Gasteiger partial charge is 0.289 e. The van der Waals surface area contributed by atoms with Crippen molar-refractivity contribution in [2.75, 3.05) is 0 Å². The molecule has 2 rings (SSSR count). The highest BCUT2D eigenvalue weighted by Crippen LogP contribution is 2.10. The standard InChI is InChI=1S/C9H8N2O/c12-11-7-6-10-9(11)8-4-2-1-3-5-8/h1-7,10H. The van der Waals surface area contributed by atoms with Gasteiger partial charge in [-0.2, -0.15) is 0 Å². The quantitative estimate of drug-likeness (QED) is 0.496. The summed E-state index contributed by atoms with van der Waals surface area (Å²) in [7, 11) is 0. The van der Waals surface area contributed by atoms with Crippen molar-refractivity contribution < 1.29 is 4.73 Å². The van der Waals surface area contributed by atoms with Crippen LogP contribution in [0.25, 0.3) is 11.4 Å². The third-order valence-corrected chi connectivity index (χ3v) is 1.70. The van der Waals surface area contributed by atoms with Gasteiger partial charge in [-0.3, -0.25) is 0 Å². The first-order chi connectivity index (χ1) is 5.88. The van der Waals surface area contributed by atoms with Gasteiger partial charge in [0.25, 0.3) is 5.82 Å². The van der Waals surface area contributed by atoms with E-state index in [-0.39, 0.29) is 0 Å². The molecule has 0 fully saturated rings. The summed E-state index contributed by atoms with van der Waals surface area (Å²) in [5, 5.41) is 11.1. The fourth-order valence-corrected chi connectivity index (χ4v) is 1.13. The first kappa shape index (κ1) is 6.91. The zero-order valence-electron chi connectivity index (χ0n) is 6.40. The number of H-pyrrole nitrogens is 1. The maximum absolute atomic E-state index is 11.1. The van der Waals surface area contributed by atoms with Gasteiger partial charge in [-0.05, 0) is 12.1 Å². The molecule has 1 heterocycles. The molecule has 3 nitrogen and oxygen atoms in total. The lowest BCUT2D eigenvalue weighted by Crippen LogP contribution is -2.25. The number of aromatic amines is 1. The summed E-state index contributed by atoms with van der Waals surface area (Å²) in [5.41, 5.74) is 0.900. The highest BCUT2D eigenvalue weighted by atomic mass is 16.5. The summed E-state index contributed by atoms with van der Waals surface area (Å²) in [6, 6.07) is 9.49. The van der Waals surface area contributed by atoms with Gasteiger partial charge in [-0.25, -0.2) is 9.71 Å². The van der Waals surface area contributed by atoms with E-state index in [2.05, 4.69) is 4.98 Å². The van der Waals surface area contributed by atoms with Crippen molar-refractivity contribution in [2.45, 2.75) is 0 Å². The molecule has 60 valence electrons. The van der Waals surface area contributed by atoms with Crippen molar-refractivity contribution in [3.63, 3.8) is 0 Å². The highest BCUT2D eigenvalue weighted by Gasteiger charge is 2.05. The van der Waals surface area contributed by atoms with E-state index in [4.69, 9.17) is 0 Å². The van der Waals surface area contributed by atoms with E-state index in [0.717, 1.165) is 10.3 Å². The molecule has 2 aromatic rings. The Bertz CT molecular complexity index is 367. The summed E-state index contributed by atoms with van der Waals surface area (Å²) in [6.07, 6.45) is 3.07. The van der Waals surface area contributed by atoms with Gasteiger partial charge in [0.1, 0.15) is 12.4 Å². The Morgan fingerprint density at radius 1 is 1.17 bits per heavy atom. The Morgan fingerprint density at radius 3 is 2.50 bits per heavy atom. The molecule has 0 atom stereocenters. The van der Waals surface area contributed by atoms with Crippen LogP contribution in [0.4, 0.5) is 0 Å². The summed E-state index contributed by atoms with van der Waals surface area (Å²) < 4.78 is 0.815. The van der Waals surface area contributed by atoms with Gasteiger partial charge in [0.05, 0.1) is 5.56 Å². The molecular formula is C9H8N2O. The summed E-state index contributed by atoms with van der Waals surface area (Å²) in [5.74, 6) is 0.579. The molecule has 0 bridgehead atoms. The monoisotopic (exact) mass is 160 g/mol. The Balaban J connectivity index is 2.51. The van der Waals surface area contributed by atoms with Crippen molar-refractivity contribution in [1.82, 2.24) is 4.98 Å². The SMILES string of the molecule is [O-][n+]1cc[nH]c1-c1ccccc1. The molecule has 0 aliphatic heterocycles. The normalized spacial score (nSPS) is 10.0. The van der Waals surface area contributed by atoms with Crippen LogP contribution in [-0.4, -0.2) is 4.98 Å². The van der Waals surface area contributed by atoms with E-state index < -0.39 is 0 Å². The highest BCUT2D eigenvalue weighted by molar-refractivity contribution is 5.51. The van der Waals surface area contributed by atoms with E-state index in [1.54, 1.807) is 6.20 Å². The third kappa shape index (κ3) is 1.05. The average Bonchev–Trinajstić information content (AvgIpc) is 2.53. The number of hydrogen-bond donors (Lipinski definition) is 1. The molecule has 1 aromatic carbocycles. The van der Waals surface area contributed by atoms with Crippen LogP contribution >= 0.6 is 0 Å². The molecule has 0 radical (unpaired) electrons. The van der Waals surface area contributed by atoms with E-state index in [0.29, 0.717) is 5.82 Å². The van der Waals surface area contributed by atoms with Crippen LogP contribution in [0, 0.1) is 5.21 Å². The van der Waals surface area contributed by atoms with Gasteiger partial charge in [0.15, 0.2) is 0 Å². The maximum Gasteiger partial charge on any atom is 0.289 e. The molecule has 0 saturated carbocycles. The maximum atomic E-state index is 11.1. The van der Waals surface area contributed by atoms with Crippen LogP contribution in [0.2, 0.25) is 0 Å². The molecule has 12 heavy (non-hydrogen) atoms. The van der Waals surface area contributed by atoms with Gasteiger partial charge in [-0.1, -0.05) is 18.2 Å². The molecule has 3 heteroatoms. The lowest BCUT2D eigenvalue weighted by Gasteiger charge is -1.99. The number of nitrogens with one attached hydrogen (secondary N) is 1. The van der Waals surface area contributed by atoms with E-state index in [9.17, 15) is 5.21 Å². The minimum Gasteiger partial charge on any atom is -0.710 e. The number of hydrogen-bond acceptors (Lipinski definition) is 1. The van der Waals surface area contributed by atoms with Crippen LogP contribution in [0.15, 0.2) is 42.7 Å². The van der Waals surface area contributed by atoms with Crippen LogP contribution in [0.1, 0.15) is 0 Å². The Kier molecular flexibility index (Phi) is 1.55. The molecule has 1 aromatic heterocycles. The topological polar surface area (TPSA) is 42.7 Å². The Hall–Kier alpha value is -1.77.